The molecule has 0 saturated heterocycles. The van der Waals surface area contributed by atoms with Gasteiger partial charge in [-0.25, -0.2) is 9.59 Å². The first-order valence-corrected chi connectivity index (χ1v) is 5.55. The van der Waals surface area contributed by atoms with Crippen LogP contribution in [0.5, 0.6) is 0 Å². The Bertz CT molecular complexity index is 514. The van der Waals surface area contributed by atoms with Crippen molar-refractivity contribution in [2.75, 3.05) is 5.32 Å². The molecule has 0 radical (unpaired) electrons. The van der Waals surface area contributed by atoms with Gasteiger partial charge < -0.3 is 10.4 Å². The average Bonchev–Trinajstić information content (AvgIpc) is 2.26. The van der Waals surface area contributed by atoms with Gasteiger partial charge in [-0.2, -0.15) is 0 Å². The summed E-state index contributed by atoms with van der Waals surface area (Å²) in [6.07, 6.45) is 1.39. The molecule has 3 amide bonds. The van der Waals surface area contributed by atoms with Crippen LogP contribution < -0.4 is 10.6 Å². The summed E-state index contributed by atoms with van der Waals surface area (Å²) >= 11 is 3.23. The fraction of sp³-hybridized carbons (Fsp3) is 0. The molecule has 0 fully saturated rings. The van der Waals surface area contributed by atoms with Crippen molar-refractivity contribution >= 4 is 39.5 Å². The minimum absolute atomic E-state index is 0.497. The molecule has 1 aromatic rings. The Morgan fingerprint density at radius 3 is 2.56 bits per heavy atom. The SMILES string of the molecule is O=C(O)/C=C/C(=O)NC(=O)Nc1cccc(Br)c1. The molecule has 0 aliphatic rings. The van der Waals surface area contributed by atoms with Gasteiger partial charge in [-0.05, 0) is 18.2 Å². The second-order valence-electron chi connectivity index (χ2n) is 3.13. The van der Waals surface area contributed by atoms with Crippen molar-refractivity contribution < 1.29 is 19.5 Å². The van der Waals surface area contributed by atoms with Gasteiger partial charge in [-0.15, -0.1) is 0 Å². The summed E-state index contributed by atoms with van der Waals surface area (Å²) < 4.78 is 0.775. The minimum atomic E-state index is -1.27. The predicted molar refractivity (Wildman–Crippen MR) is 68.1 cm³/mol. The normalized spacial score (nSPS) is 10.1. The van der Waals surface area contributed by atoms with Crippen molar-refractivity contribution in [3.63, 3.8) is 0 Å². The summed E-state index contributed by atoms with van der Waals surface area (Å²) in [6, 6.07) is 6.04. The van der Waals surface area contributed by atoms with Crippen molar-refractivity contribution in [3.8, 4) is 0 Å². The highest BCUT2D eigenvalue weighted by Gasteiger charge is 2.05. The van der Waals surface area contributed by atoms with E-state index in [0.717, 1.165) is 10.5 Å². The zero-order valence-corrected chi connectivity index (χ0v) is 10.6. The smallest absolute Gasteiger partial charge is 0.328 e. The molecular weight excluding hydrogens is 304 g/mol. The van der Waals surface area contributed by atoms with E-state index in [4.69, 9.17) is 5.11 Å². The van der Waals surface area contributed by atoms with Crippen LogP contribution in [0.25, 0.3) is 0 Å². The van der Waals surface area contributed by atoms with Crippen LogP contribution in [0.3, 0.4) is 0 Å². The van der Waals surface area contributed by atoms with Gasteiger partial charge in [0.2, 0.25) is 0 Å². The molecule has 0 heterocycles. The maximum atomic E-state index is 11.3. The highest BCUT2D eigenvalue weighted by Crippen LogP contribution is 2.15. The lowest BCUT2D eigenvalue weighted by Crippen LogP contribution is -2.33. The van der Waals surface area contributed by atoms with E-state index in [2.05, 4.69) is 21.2 Å². The third-order valence-electron chi connectivity index (χ3n) is 1.70. The van der Waals surface area contributed by atoms with Gasteiger partial charge in [0.1, 0.15) is 0 Å². The van der Waals surface area contributed by atoms with E-state index in [-0.39, 0.29) is 0 Å². The molecule has 7 heteroatoms. The maximum Gasteiger partial charge on any atom is 0.328 e. The molecule has 0 bridgehead atoms. The van der Waals surface area contributed by atoms with Crippen molar-refractivity contribution in [1.29, 1.82) is 0 Å². The standard InChI is InChI=1S/C11H9BrN2O4/c12-7-2-1-3-8(6-7)13-11(18)14-9(15)4-5-10(16)17/h1-6H,(H,16,17)(H2,13,14,15,18)/b5-4+. The zero-order chi connectivity index (χ0) is 13.5. The molecule has 0 spiro atoms. The van der Waals surface area contributed by atoms with Crippen LogP contribution in [0.1, 0.15) is 0 Å². The first-order valence-electron chi connectivity index (χ1n) is 4.76. The van der Waals surface area contributed by atoms with Gasteiger partial charge in [0, 0.05) is 22.3 Å². The number of urea groups is 1. The topological polar surface area (TPSA) is 95.5 Å². The van der Waals surface area contributed by atoms with Crippen molar-refractivity contribution in [1.82, 2.24) is 5.32 Å². The molecular formula is C11H9BrN2O4. The van der Waals surface area contributed by atoms with Gasteiger partial charge in [0.05, 0.1) is 0 Å². The van der Waals surface area contributed by atoms with E-state index in [1.54, 1.807) is 24.3 Å². The summed E-state index contributed by atoms with van der Waals surface area (Å²) in [5.74, 6) is -2.08. The largest absolute Gasteiger partial charge is 0.478 e. The number of anilines is 1. The van der Waals surface area contributed by atoms with Gasteiger partial charge in [0.25, 0.3) is 5.91 Å². The monoisotopic (exact) mass is 312 g/mol. The Labute approximate surface area is 111 Å². The maximum absolute atomic E-state index is 11.3. The molecule has 0 aliphatic heterocycles. The van der Waals surface area contributed by atoms with Crippen molar-refractivity contribution in [3.05, 3.63) is 40.9 Å². The highest BCUT2D eigenvalue weighted by atomic mass is 79.9. The lowest BCUT2D eigenvalue weighted by molar-refractivity contribution is -0.131. The van der Waals surface area contributed by atoms with Crippen molar-refractivity contribution in [2.24, 2.45) is 0 Å². The molecule has 3 N–H and O–H groups in total. The van der Waals surface area contributed by atoms with E-state index < -0.39 is 17.9 Å². The number of aliphatic carboxylic acids is 1. The Hall–Kier alpha value is -2.15. The minimum Gasteiger partial charge on any atom is -0.478 e. The Morgan fingerprint density at radius 2 is 1.94 bits per heavy atom. The molecule has 0 aromatic heterocycles. The van der Waals surface area contributed by atoms with E-state index in [1.165, 1.54) is 0 Å². The molecule has 1 aromatic carbocycles. The number of hydrogen-bond acceptors (Lipinski definition) is 3. The average molecular weight is 313 g/mol. The Morgan fingerprint density at radius 1 is 1.22 bits per heavy atom. The van der Waals surface area contributed by atoms with Gasteiger partial charge in [0.15, 0.2) is 0 Å². The van der Waals surface area contributed by atoms with E-state index in [0.29, 0.717) is 11.8 Å². The molecule has 6 nitrogen and oxygen atoms in total. The zero-order valence-electron chi connectivity index (χ0n) is 9.01. The molecule has 0 unspecified atom stereocenters. The molecule has 94 valence electrons. The van der Waals surface area contributed by atoms with Crippen LogP contribution in [0.15, 0.2) is 40.9 Å². The lowest BCUT2D eigenvalue weighted by Gasteiger charge is -2.05. The molecule has 0 saturated carbocycles. The van der Waals surface area contributed by atoms with Crippen LogP contribution in [0, 0.1) is 0 Å². The van der Waals surface area contributed by atoms with Crippen LogP contribution in [0.2, 0.25) is 0 Å². The Kier molecular flexibility index (Phi) is 5.06. The Balaban J connectivity index is 2.52. The van der Waals surface area contributed by atoms with Crippen LogP contribution in [-0.2, 0) is 9.59 Å². The molecule has 0 aliphatic carbocycles. The van der Waals surface area contributed by atoms with Crippen LogP contribution in [0.4, 0.5) is 10.5 Å². The number of imide groups is 1. The van der Waals surface area contributed by atoms with E-state index >= 15 is 0 Å². The third-order valence-corrected chi connectivity index (χ3v) is 2.19. The second-order valence-corrected chi connectivity index (χ2v) is 4.04. The number of carboxylic acid groups (broad SMARTS) is 1. The summed E-state index contributed by atoms with van der Waals surface area (Å²) in [6.45, 7) is 0. The van der Waals surface area contributed by atoms with Gasteiger partial charge in [-0.1, -0.05) is 22.0 Å². The molecule has 1 rings (SSSR count). The van der Waals surface area contributed by atoms with Gasteiger partial charge in [-0.3, -0.25) is 10.1 Å². The van der Waals surface area contributed by atoms with Crippen LogP contribution >= 0.6 is 15.9 Å². The number of amides is 3. The second kappa shape index (κ2) is 6.55. The molecule has 0 atom stereocenters. The lowest BCUT2D eigenvalue weighted by atomic mass is 10.3. The summed E-state index contributed by atoms with van der Waals surface area (Å²) in [5, 5.41) is 12.7. The summed E-state index contributed by atoms with van der Waals surface area (Å²) in [4.78, 5) is 32.6. The number of rotatable bonds is 3. The number of halogens is 1. The molecule has 18 heavy (non-hydrogen) atoms. The number of carbonyl (C=O) groups excluding carboxylic acids is 2. The van der Waals surface area contributed by atoms with Crippen LogP contribution in [-0.4, -0.2) is 23.0 Å². The van der Waals surface area contributed by atoms with Gasteiger partial charge >= 0.3 is 12.0 Å². The predicted octanol–water partition coefficient (Wildman–Crippen LogP) is 1.74. The summed E-state index contributed by atoms with van der Waals surface area (Å²) in [7, 11) is 0. The number of nitrogens with one attached hydrogen (secondary N) is 2. The number of carbonyl (C=O) groups is 3. The number of carboxylic acids is 1. The number of benzene rings is 1. The highest BCUT2D eigenvalue weighted by molar-refractivity contribution is 9.10. The fourth-order valence-corrected chi connectivity index (χ4v) is 1.43. The first-order chi connectivity index (χ1) is 8.47. The van der Waals surface area contributed by atoms with Crippen molar-refractivity contribution in [2.45, 2.75) is 0 Å². The third kappa shape index (κ3) is 5.26. The summed E-state index contributed by atoms with van der Waals surface area (Å²) in [5.41, 5.74) is 0.497. The van der Waals surface area contributed by atoms with E-state index in [1.807, 2.05) is 5.32 Å². The number of hydrogen-bond donors (Lipinski definition) is 3. The quantitative estimate of drug-likeness (QED) is 0.741. The first kappa shape index (κ1) is 13.9. The van der Waals surface area contributed by atoms with E-state index in [9.17, 15) is 14.4 Å². The fourth-order valence-electron chi connectivity index (χ4n) is 1.03.